The molecule has 0 saturated heterocycles. The Morgan fingerprint density at radius 2 is 1.22 bits per heavy atom. The van der Waals surface area contributed by atoms with Gasteiger partial charge in [-0.25, -0.2) is 0 Å². The monoisotopic (exact) mass is 400 g/mol. The molecular weight excluding hydrogens is 383 g/mol. The predicted molar refractivity (Wildman–Crippen MR) is 108 cm³/mol. The Kier molecular flexibility index (Phi) is 6.04. The predicted octanol–water partition coefficient (Wildman–Crippen LogP) is 6.44. The van der Waals surface area contributed by atoms with Gasteiger partial charge in [0.25, 0.3) is 0 Å². The van der Waals surface area contributed by atoms with E-state index in [1.807, 2.05) is 13.0 Å². The fourth-order valence-electron chi connectivity index (χ4n) is 2.61. The Hall–Kier alpha value is -2.49. The molecule has 0 aliphatic rings. The van der Waals surface area contributed by atoms with Gasteiger partial charge in [0.2, 0.25) is 5.78 Å². The summed E-state index contributed by atoms with van der Waals surface area (Å²) >= 11 is 11.9. The average molecular weight is 401 g/mol. The number of hydrogen-bond acceptors (Lipinski definition) is 3. The molecule has 138 valence electrons. The highest BCUT2D eigenvalue weighted by atomic mass is 35.5. The van der Waals surface area contributed by atoms with Crippen molar-refractivity contribution in [1.29, 1.82) is 0 Å². The van der Waals surface area contributed by atoms with Gasteiger partial charge in [0.05, 0.1) is 0 Å². The van der Waals surface area contributed by atoms with E-state index < -0.39 is 5.79 Å². The summed E-state index contributed by atoms with van der Waals surface area (Å²) in [6, 6.07) is 22.6. The van der Waals surface area contributed by atoms with Crippen LogP contribution in [0.15, 0.2) is 78.9 Å². The third kappa shape index (κ3) is 4.62. The molecule has 0 spiro atoms. The first-order valence-electron chi connectivity index (χ1n) is 8.51. The van der Waals surface area contributed by atoms with Crippen molar-refractivity contribution in [2.24, 2.45) is 0 Å². The molecule has 3 aromatic rings. The van der Waals surface area contributed by atoms with Gasteiger partial charge in [-0.1, -0.05) is 60.5 Å². The summed E-state index contributed by atoms with van der Waals surface area (Å²) in [5, 5.41) is 1.16. The first-order chi connectivity index (χ1) is 13.0. The van der Waals surface area contributed by atoms with Crippen molar-refractivity contribution >= 4 is 29.0 Å². The zero-order valence-electron chi connectivity index (χ0n) is 14.7. The third-order valence-corrected chi connectivity index (χ3v) is 4.54. The second kappa shape index (κ2) is 8.47. The number of benzene rings is 3. The number of rotatable bonds is 7. The van der Waals surface area contributed by atoms with Gasteiger partial charge in [0.1, 0.15) is 11.5 Å². The molecule has 3 rings (SSSR count). The van der Waals surface area contributed by atoms with E-state index >= 15 is 0 Å². The van der Waals surface area contributed by atoms with Gasteiger partial charge in [-0.2, -0.15) is 0 Å². The summed E-state index contributed by atoms with van der Waals surface area (Å²) in [5.41, 5.74) is 0.502. The van der Waals surface area contributed by atoms with Gasteiger partial charge in [-0.05, 0) is 48.5 Å². The van der Waals surface area contributed by atoms with Crippen molar-refractivity contribution in [3.63, 3.8) is 0 Å². The smallest absolute Gasteiger partial charge is 0.315 e. The van der Waals surface area contributed by atoms with E-state index in [1.165, 1.54) is 0 Å². The van der Waals surface area contributed by atoms with E-state index in [4.69, 9.17) is 32.7 Å². The van der Waals surface area contributed by atoms with E-state index in [-0.39, 0.29) is 5.78 Å². The summed E-state index contributed by atoms with van der Waals surface area (Å²) in [4.78, 5) is 13.3. The maximum absolute atomic E-state index is 13.3. The minimum absolute atomic E-state index is 0.268. The molecule has 0 aliphatic heterocycles. The lowest BCUT2D eigenvalue weighted by Gasteiger charge is -2.32. The normalized spacial score (nSPS) is 11.1. The number of halogens is 2. The van der Waals surface area contributed by atoms with Crippen LogP contribution in [0.25, 0.3) is 0 Å². The van der Waals surface area contributed by atoms with Crippen LogP contribution in [0, 0.1) is 0 Å². The minimum Gasteiger partial charge on any atom is -0.445 e. The van der Waals surface area contributed by atoms with Crippen LogP contribution in [0.1, 0.15) is 23.7 Å². The molecule has 0 fully saturated rings. The number of Topliss-reactive ketones (excluding diaryl/α,β-unsaturated/α-hetero) is 1. The Labute approximate surface area is 168 Å². The maximum atomic E-state index is 13.3. The molecule has 0 N–H and O–H groups in total. The van der Waals surface area contributed by atoms with E-state index in [9.17, 15) is 4.79 Å². The SMILES string of the molecule is CCC(Oc1ccc(Cl)cc1)(Oc1ccc(Cl)cc1)C(=O)c1ccccc1. The van der Waals surface area contributed by atoms with E-state index in [0.29, 0.717) is 33.5 Å². The molecule has 27 heavy (non-hydrogen) atoms. The number of hydrogen-bond donors (Lipinski definition) is 0. The molecule has 0 bridgehead atoms. The largest absolute Gasteiger partial charge is 0.445 e. The van der Waals surface area contributed by atoms with E-state index in [0.717, 1.165) is 0 Å². The molecule has 0 atom stereocenters. The zero-order valence-corrected chi connectivity index (χ0v) is 16.2. The van der Waals surface area contributed by atoms with E-state index in [2.05, 4.69) is 0 Å². The lowest BCUT2D eigenvalue weighted by molar-refractivity contribution is -0.0818. The van der Waals surface area contributed by atoms with Crippen LogP contribution in [0.4, 0.5) is 0 Å². The lowest BCUT2D eigenvalue weighted by atomic mass is 10.0. The van der Waals surface area contributed by atoms with Gasteiger partial charge in [0, 0.05) is 22.0 Å². The van der Waals surface area contributed by atoms with Crippen molar-refractivity contribution in [3.8, 4) is 11.5 Å². The van der Waals surface area contributed by atoms with Crippen molar-refractivity contribution in [2.45, 2.75) is 19.1 Å². The Morgan fingerprint density at radius 3 is 1.63 bits per heavy atom. The topological polar surface area (TPSA) is 35.5 Å². The Morgan fingerprint density at radius 1 is 0.778 bits per heavy atom. The number of ether oxygens (including phenoxy) is 2. The van der Waals surface area contributed by atoms with Crippen LogP contribution in [0.2, 0.25) is 10.0 Å². The molecule has 0 aliphatic carbocycles. The summed E-state index contributed by atoms with van der Waals surface area (Å²) in [7, 11) is 0. The number of carbonyl (C=O) groups excluding carboxylic acids is 1. The first-order valence-corrected chi connectivity index (χ1v) is 9.27. The van der Waals surface area contributed by atoms with Crippen LogP contribution in [-0.2, 0) is 0 Å². The first kappa shape index (κ1) is 19.3. The minimum atomic E-state index is -1.52. The van der Waals surface area contributed by atoms with Crippen molar-refractivity contribution < 1.29 is 14.3 Å². The van der Waals surface area contributed by atoms with Crippen LogP contribution < -0.4 is 9.47 Å². The van der Waals surface area contributed by atoms with E-state index in [1.54, 1.807) is 72.8 Å². The summed E-state index contributed by atoms with van der Waals surface area (Å²) in [6.45, 7) is 1.84. The van der Waals surface area contributed by atoms with Crippen LogP contribution >= 0.6 is 23.2 Å². The second-order valence-electron chi connectivity index (χ2n) is 5.91. The summed E-state index contributed by atoms with van der Waals surface area (Å²) in [5.74, 6) is -0.822. The van der Waals surface area contributed by atoms with Crippen LogP contribution in [-0.4, -0.2) is 11.6 Å². The van der Waals surface area contributed by atoms with Gasteiger partial charge < -0.3 is 9.47 Å². The van der Waals surface area contributed by atoms with Crippen LogP contribution in [0.5, 0.6) is 11.5 Å². The molecular formula is C22H18Cl2O3. The number of ketones is 1. The Balaban J connectivity index is 2.00. The third-order valence-electron chi connectivity index (χ3n) is 4.04. The molecule has 0 unspecified atom stereocenters. The molecule has 0 amide bonds. The van der Waals surface area contributed by atoms with Crippen LogP contribution in [0.3, 0.4) is 0 Å². The number of carbonyl (C=O) groups is 1. The van der Waals surface area contributed by atoms with Gasteiger partial charge in [-0.15, -0.1) is 0 Å². The summed E-state index contributed by atoms with van der Waals surface area (Å²) < 4.78 is 12.2. The van der Waals surface area contributed by atoms with Gasteiger partial charge in [0.15, 0.2) is 0 Å². The van der Waals surface area contributed by atoms with Gasteiger partial charge >= 0.3 is 5.79 Å². The zero-order chi connectivity index (χ0) is 19.3. The van der Waals surface area contributed by atoms with Gasteiger partial charge in [-0.3, -0.25) is 4.79 Å². The Bertz CT molecular complexity index is 844. The molecule has 0 radical (unpaired) electrons. The molecule has 0 heterocycles. The second-order valence-corrected chi connectivity index (χ2v) is 6.79. The maximum Gasteiger partial charge on any atom is 0.315 e. The highest BCUT2D eigenvalue weighted by Crippen LogP contribution is 2.30. The van der Waals surface area contributed by atoms with Crippen molar-refractivity contribution in [3.05, 3.63) is 94.5 Å². The van der Waals surface area contributed by atoms with Crippen molar-refractivity contribution in [2.75, 3.05) is 0 Å². The standard InChI is InChI=1S/C22H18Cl2O3/c1-2-22(21(25)16-6-4-3-5-7-16,26-19-12-8-17(23)9-13-19)27-20-14-10-18(24)11-15-20/h3-15H,2H2,1H3. The lowest BCUT2D eigenvalue weighted by Crippen LogP contribution is -2.49. The molecule has 3 aromatic carbocycles. The molecule has 0 aromatic heterocycles. The highest BCUT2D eigenvalue weighted by Gasteiger charge is 2.42. The molecule has 5 heteroatoms. The molecule has 0 saturated carbocycles. The molecule has 3 nitrogen and oxygen atoms in total. The fraction of sp³-hybridized carbons (Fsp3) is 0.136. The van der Waals surface area contributed by atoms with Crippen molar-refractivity contribution in [1.82, 2.24) is 0 Å². The fourth-order valence-corrected chi connectivity index (χ4v) is 2.87. The summed E-state index contributed by atoms with van der Waals surface area (Å²) in [6.07, 6.45) is 0.298. The highest BCUT2D eigenvalue weighted by molar-refractivity contribution is 6.30. The average Bonchev–Trinajstić information content (AvgIpc) is 2.71. The quantitative estimate of drug-likeness (QED) is 0.338.